The van der Waals surface area contributed by atoms with Crippen LogP contribution < -0.4 is 16.1 Å². The molecular weight excluding hydrogens is 530 g/mol. The number of ketones is 1. The van der Waals surface area contributed by atoms with Gasteiger partial charge in [0.2, 0.25) is 5.91 Å². The van der Waals surface area contributed by atoms with Crippen molar-refractivity contribution >= 4 is 63.8 Å². The molecule has 4 amide bonds. The third-order valence-corrected chi connectivity index (χ3v) is 6.89. The van der Waals surface area contributed by atoms with Gasteiger partial charge in [-0.3, -0.25) is 34.2 Å². The van der Waals surface area contributed by atoms with Crippen LogP contribution in [0.5, 0.6) is 0 Å². The van der Waals surface area contributed by atoms with Gasteiger partial charge in [-0.25, -0.2) is 20.1 Å². The molecular formula is C21H25N5O9S2. The zero-order valence-corrected chi connectivity index (χ0v) is 21.9. The second kappa shape index (κ2) is 11.3. The quantitative estimate of drug-likeness (QED) is 0.111. The Balaban J connectivity index is 1.55. The molecule has 37 heavy (non-hydrogen) atoms. The van der Waals surface area contributed by atoms with E-state index in [2.05, 4.69) is 21.1 Å². The van der Waals surface area contributed by atoms with Crippen molar-refractivity contribution in [2.24, 2.45) is 0 Å². The fourth-order valence-corrected chi connectivity index (χ4v) is 5.26. The lowest BCUT2D eigenvalue weighted by Crippen LogP contribution is -2.70. The largest absolute Gasteiger partial charge is 0.477 e. The van der Waals surface area contributed by atoms with Crippen LogP contribution >= 0.6 is 23.1 Å². The number of carbonyl (C=O) groups excluding carboxylic acids is 5. The predicted molar refractivity (Wildman–Crippen MR) is 130 cm³/mol. The number of nitrogens with zero attached hydrogens (tertiary/aromatic N) is 2. The molecule has 0 bridgehead atoms. The van der Waals surface area contributed by atoms with Crippen LogP contribution in [0.15, 0.2) is 16.7 Å². The van der Waals surface area contributed by atoms with Crippen LogP contribution in [0.25, 0.3) is 0 Å². The van der Waals surface area contributed by atoms with Crippen molar-refractivity contribution in [1.29, 1.82) is 0 Å². The molecule has 0 spiro atoms. The van der Waals surface area contributed by atoms with Crippen LogP contribution in [0.3, 0.4) is 0 Å². The number of Topliss-reactive ketones (excluding diaryl/α,β-unsaturated/α-hetero) is 1. The molecule has 4 N–H and O–H groups in total. The topological polar surface area (TPSA) is 193 Å². The third kappa shape index (κ3) is 7.05. The average molecular weight is 556 g/mol. The van der Waals surface area contributed by atoms with Crippen LogP contribution in [0.2, 0.25) is 0 Å². The van der Waals surface area contributed by atoms with Crippen LogP contribution in [0.4, 0.5) is 9.93 Å². The van der Waals surface area contributed by atoms with E-state index in [9.17, 15) is 33.9 Å². The number of aliphatic carboxylic acids is 1. The maximum atomic E-state index is 12.6. The van der Waals surface area contributed by atoms with Crippen molar-refractivity contribution in [3.05, 3.63) is 22.3 Å². The van der Waals surface area contributed by atoms with E-state index in [1.807, 2.05) is 0 Å². The number of esters is 1. The highest BCUT2D eigenvalue weighted by Crippen LogP contribution is 2.40. The molecule has 0 saturated carbocycles. The second-order valence-electron chi connectivity index (χ2n) is 8.90. The Hall–Kier alpha value is -3.50. The second-order valence-corrected chi connectivity index (χ2v) is 10.9. The van der Waals surface area contributed by atoms with Crippen molar-refractivity contribution in [3.63, 3.8) is 0 Å². The van der Waals surface area contributed by atoms with E-state index in [1.54, 1.807) is 20.8 Å². The number of ether oxygens (including phenoxy) is 1. The van der Waals surface area contributed by atoms with Gasteiger partial charge < -0.3 is 15.2 Å². The minimum atomic E-state index is -1.35. The summed E-state index contributed by atoms with van der Waals surface area (Å²) < 4.78 is 4.87. The molecule has 0 aromatic carbocycles. The maximum absolute atomic E-state index is 12.6. The molecule has 0 radical (unpaired) electrons. The first-order valence-corrected chi connectivity index (χ1v) is 12.8. The zero-order valence-electron chi connectivity index (χ0n) is 20.3. The molecule has 14 nitrogen and oxygen atoms in total. The lowest BCUT2D eigenvalue weighted by Gasteiger charge is -2.49. The standard InChI is InChI=1S/C21H25N5O9S2/c1-9(27)34-6-10-7-36-17-14(16(30)26(17)15(10)18(31)32)23-13(29)5-12(28)11-8-37-20(22-11)24-19(33)25-35-21(2,3)4/h8,14,17H,5-7H2,1-4H3,(H,23,29)(H,31,32)(H2,22,24,25,33)/t14-,17+/m1/s1. The van der Waals surface area contributed by atoms with Gasteiger partial charge in [-0.2, -0.15) is 0 Å². The van der Waals surface area contributed by atoms with Gasteiger partial charge in [0.25, 0.3) is 5.91 Å². The number of hydroxylamine groups is 1. The summed E-state index contributed by atoms with van der Waals surface area (Å²) >= 11 is 2.18. The number of hydrogen-bond donors (Lipinski definition) is 4. The van der Waals surface area contributed by atoms with Crippen molar-refractivity contribution in [2.45, 2.75) is 51.1 Å². The summed E-state index contributed by atoms with van der Waals surface area (Å²) in [6.07, 6.45) is -0.608. The van der Waals surface area contributed by atoms with Gasteiger partial charge in [0, 0.05) is 23.6 Å². The molecule has 3 heterocycles. The molecule has 1 aromatic heterocycles. The summed E-state index contributed by atoms with van der Waals surface area (Å²) in [4.78, 5) is 82.4. The van der Waals surface area contributed by atoms with Crippen LogP contribution in [-0.2, 0) is 28.8 Å². The van der Waals surface area contributed by atoms with Crippen molar-refractivity contribution < 1.29 is 43.4 Å². The van der Waals surface area contributed by atoms with Gasteiger partial charge in [0.15, 0.2) is 10.9 Å². The number of aromatic nitrogens is 1. The number of carboxylic acid groups (broad SMARTS) is 1. The normalized spacial score (nSPS) is 18.9. The summed E-state index contributed by atoms with van der Waals surface area (Å²) in [5, 5.41) is 15.3. The number of thioether (sulfide) groups is 1. The molecule has 2 atom stereocenters. The lowest BCUT2D eigenvalue weighted by molar-refractivity contribution is -0.151. The average Bonchev–Trinajstić information content (AvgIpc) is 3.27. The Kier molecular flexibility index (Phi) is 8.55. The SMILES string of the molecule is CC(=O)OCC1=C(C(=O)O)N2C(=O)[C@@H](NC(=O)CC(=O)c3csc(NC(=O)NOC(C)(C)C)n3)[C@@H]2SC1. The molecule has 1 fully saturated rings. The molecule has 2 aliphatic heterocycles. The number of urea groups is 1. The fraction of sp³-hybridized carbons (Fsp3) is 0.476. The first-order chi connectivity index (χ1) is 17.3. The number of hydrogen-bond acceptors (Lipinski definition) is 11. The number of rotatable bonds is 9. The lowest BCUT2D eigenvalue weighted by atomic mass is 10.0. The summed E-state index contributed by atoms with van der Waals surface area (Å²) in [6.45, 7) is 6.15. The van der Waals surface area contributed by atoms with E-state index in [0.717, 1.165) is 16.2 Å². The predicted octanol–water partition coefficient (Wildman–Crippen LogP) is 0.869. The Morgan fingerprint density at radius 1 is 1.24 bits per heavy atom. The molecule has 2 aliphatic rings. The first-order valence-electron chi connectivity index (χ1n) is 10.8. The molecule has 1 saturated heterocycles. The molecule has 200 valence electrons. The maximum Gasteiger partial charge on any atom is 0.352 e. The van der Waals surface area contributed by atoms with Crippen LogP contribution in [0.1, 0.15) is 44.6 Å². The van der Waals surface area contributed by atoms with Gasteiger partial charge >= 0.3 is 18.0 Å². The summed E-state index contributed by atoms with van der Waals surface area (Å²) in [7, 11) is 0. The number of thiazole rings is 1. The molecule has 0 aliphatic carbocycles. The van der Waals surface area contributed by atoms with Gasteiger partial charge in [-0.05, 0) is 20.8 Å². The Morgan fingerprint density at radius 3 is 2.57 bits per heavy atom. The highest BCUT2D eigenvalue weighted by molar-refractivity contribution is 8.00. The summed E-state index contributed by atoms with van der Waals surface area (Å²) in [5.74, 6) is -3.80. The van der Waals surface area contributed by atoms with Gasteiger partial charge in [0.05, 0.1) is 12.0 Å². The highest BCUT2D eigenvalue weighted by atomic mass is 32.2. The highest BCUT2D eigenvalue weighted by Gasteiger charge is 2.54. The van der Waals surface area contributed by atoms with E-state index in [4.69, 9.17) is 9.57 Å². The van der Waals surface area contributed by atoms with Gasteiger partial charge in [-0.1, -0.05) is 0 Å². The molecule has 0 unspecified atom stereocenters. The van der Waals surface area contributed by atoms with E-state index in [0.29, 0.717) is 0 Å². The van der Waals surface area contributed by atoms with E-state index in [1.165, 1.54) is 24.1 Å². The van der Waals surface area contributed by atoms with Crippen molar-refractivity contribution in [2.75, 3.05) is 17.7 Å². The number of amides is 4. The smallest absolute Gasteiger partial charge is 0.352 e. The Morgan fingerprint density at radius 2 is 1.95 bits per heavy atom. The molecule has 3 rings (SSSR count). The zero-order chi connectivity index (χ0) is 27.5. The van der Waals surface area contributed by atoms with Crippen molar-refractivity contribution in [1.82, 2.24) is 20.7 Å². The monoisotopic (exact) mass is 555 g/mol. The van der Waals surface area contributed by atoms with Gasteiger partial charge in [-0.15, -0.1) is 23.1 Å². The van der Waals surface area contributed by atoms with E-state index in [-0.39, 0.29) is 34.5 Å². The van der Waals surface area contributed by atoms with E-state index < -0.39 is 59.0 Å². The fourth-order valence-electron chi connectivity index (χ4n) is 3.23. The number of carbonyl (C=O) groups is 6. The van der Waals surface area contributed by atoms with Crippen molar-refractivity contribution in [3.8, 4) is 0 Å². The van der Waals surface area contributed by atoms with Crippen LogP contribution in [0, 0.1) is 0 Å². The van der Waals surface area contributed by atoms with E-state index >= 15 is 0 Å². The summed E-state index contributed by atoms with van der Waals surface area (Å²) in [5.41, 5.74) is 1.52. The minimum absolute atomic E-state index is 0.0491. The Bertz CT molecular complexity index is 1170. The number of nitrogens with one attached hydrogen (secondary N) is 3. The first kappa shape index (κ1) is 28.1. The number of carboxylic acids is 1. The summed E-state index contributed by atoms with van der Waals surface area (Å²) in [6, 6.07) is -1.71. The van der Waals surface area contributed by atoms with Gasteiger partial charge in [0.1, 0.15) is 29.4 Å². The van der Waals surface area contributed by atoms with Crippen LogP contribution in [-0.4, -0.2) is 79.9 Å². The molecule has 1 aromatic rings. The Labute approximate surface area is 219 Å². The molecule has 16 heteroatoms. The number of fused-ring (bicyclic) bond motifs is 1. The number of anilines is 1. The third-order valence-electron chi connectivity index (χ3n) is 4.80. The number of β-lactam (4-membered cyclic amide) rings is 1. The minimum Gasteiger partial charge on any atom is -0.477 e.